The molecule has 1 atom stereocenters. The predicted octanol–water partition coefficient (Wildman–Crippen LogP) is 3.59. The lowest BCUT2D eigenvalue weighted by Crippen LogP contribution is -2.42. The van der Waals surface area contributed by atoms with Crippen molar-refractivity contribution < 1.29 is 13.2 Å². The molecule has 0 saturated carbocycles. The van der Waals surface area contributed by atoms with Gasteiger partial charge in [-0.1, -0.05) is 13.8 Å². The first-order chi connectivity index (χ1) is 13.8. The SMILES string of the molecule is CCNC(=NCCNc1nccc(C(F)(F)F)n1)NC(C)CCCN(CC)CC.I. The molecule has 0 radical (unpaired) electrons. The Morgan fingerprint density at radius 2 is 1.93 bits per heavy atom. The summed E-state index contributed by atoms with van der Waals surface area (Å²) in [5, 5.41) is 9.33. The number of nitrogens with one attached hydrogen (secondary N) is 3. The maximum Gasteiger partial charge on any atom is 0.433 e. The first-order valence-electron chi connectivity index (χ1n) is 10.2. The van der Waals surface area contributed by atoms with Gasteiger partial charge in [0.1, 0.15) is 5.69 Å². The molecule has 0 bridgehead atoms. The third-order valence-electron chi connectivity index (χ3n) is 4.34. The van der Waals surface area contributed by atoms with Crippen LogP contribution in [-0.4, -0.2) is 66.1 Å². The summed E-state index contributed by atoms with van der Waals surface area (Å²) >= 11 is 0. The minimum absolute atomic E-state index is 0. The summed E-state index contributed by atoms with van der Waals surface area (Å²) in [7, 11) is 0. The average molecular weight is 545 g/mol. The van der Waals surface area contributed by atoms with Crippen molar-refractivity contribution in [1.82, 2.24) is 25.5 Å². The van der Waals surface area contributed by atoms with Gasteiger partial charge in [-0.05, 0) is 52.4 Å². The van der Waals surface area contributed by atoms with Gasteiger partial charge in [0.2, 0.25) is 5.95 Å². The van der Waals surface area contributed by atoms with E-state index in [9.17, 15) is 13.2 Å². The standard InChI is InChI=1S/C19H34F3N7.HI/c1-5-23-17(27-15(4)9-8-14-29(6-2)7-3)25-12-13-26-18-24-11-10-16(28-18)19(20,21)22;/h10-11,15H,5-9,12-14H2,1-4H3,(H2,23,25,27)(H,24,26,28);1H. The Morgan fingerprint density at radius 3 is 2.53 bits per heavy atom. The van der Waals surface area contributed by atoms with Crippen LogP contribution >= 0.6 is 24.0 Å². The molecule has 1 unspecified atom stereocenters. The highest BCUT2D eigenvalue weighted by molar-refractivity contribution is 14.0. The molecule has 30 heavy (non-hydrogen) atoms. The van der Waals surface area contributed by atoms with Crippen molar-refractivity contribution in [1.29, 1.82) is 0 Å². The molecule has 0 amide bonds. The number of aliphatic imine (C=N–C) groups is 1. The number of aromatic nitrogens is 2. The number of nitrogens with zero attached hydrogens (tertiary/aromatic N) is 4. The third-order valence-corrected chi connectivity index (χ3v) is 4.34. The van der Waals surface area contributed by atoms with E-state index >= 15 is 0 Å². The van der Waals surface area contributed by atoms with Crippen molar-refractivity contribution in [2.45, 2.75) is 52.8 Å². The van der Waals surface area contributed by atoms with Crippen LogP contribution in [0.25, 0.3) is 0 Å². The molecule has 0 aliphatic heterocycles. The van der Waals surface area contributed by atoms with Crippen LogP contribution in [0.1, 0.15) is 46.2 Å². The lowest BCUT2D eigenvalue weighted by Gasteiger charge is -2.21. The van der Waals surface area contributed by atoms with Gasteiger partial charge in [-0.15, -0.1) is 24.0 Å². The lowest BCUT2D eigenvalue weighted by molar-refractivity contribution is -0.141. The first kappa shape index (κ1) is 28.6. The Kier molecular flexibility index (Phi) is 14.7. The van der Waals surface area contributed by atoms with Gasteiger partial charge in [0.05, 0.1) is 6.54 Å². The van der Waals surface area contributed by atoms with Crippen molar-refractivity contribution >= 4 is 35.9 Å². The van der Waals surface area contributed by atoms with Crippen molar-refractivity contribution in [2.75, 3.05) is 44.6 Å². The van der Waals surface area contributed by atoms with Gasteiger partial charge in [-0.3, -0.25) is 4.99 Å². The molecule has 0 aromatic carbocycles. The third kappa shape index (κ3) is 11.7. The zero-order chi connectivity index (χ0) is 21.7. The number of guanidine groups is 1. The molecule has 0 fully saturated rings. The number of anilines is 1. The second kappa shape index (κ2) is 15.4. The quantitative estimate of drug-likeness (QED) is 0.161. The largest absolute Gasteiger partial charge is 0.433 e. The molecule has 11 heteroatoms. The Balaban J connectivity index is 0.00000841. The van der Waals surface area contributed by atoms with Gasteiger partial charge in [-0.2, -0.15) is 13.2 Å². The zero-order valence-electron chi connectivity index (χ0n) is 18.2. The highest BCUT2D eigenvalue weighted by atomic mass is 127. The van der Waals surface area contributed by atoms with Gasteiger partial charge in [-0.25, -0.2) is 9.97 Å². The van der Waals surface area contributed by atoms with Gasteiger partial charge >= 0.3 is 6.18 Å². The number of hydrogen-bond donors (Lipinski definition) is 3. The Bertz CT molecular complexity index is 610. The number of alkyl halides is 3. The molecular weight excluding hydrogens is 510 g/mol. The summed E-state index contributed by atoms with van der Waals surface area (Å²) in [6.45, 7) is 13.1. The van der Waals surface area contributed by atoms with E-state index in [1.165, 1.54) is 0 Å². The Hall–Kier alpha value is -1.37. The van der Waals surface area contributed by atoms with Crippen LogP contribution in [0.3, 0.4) is 0 Å². The van der Waals surface area contributed by atoms with E-state index < -0.39 is 11.9 Å². The maximum absolute atomic E-state index is 12.7. The molecule has 3 N–H and O–H groups in total. The summed E-state index contributed by atoms with van der Waals surface area (Å²) in [6, 6.07) is 1.11. The summed E-state index contributed by atoms with van der Waals surface area (Å²) in [6.07, 6.45) is -1.27. The van der Waals surface area contributed by atoms with E-state index in [-0.39, 0.29) is 36.0 Å². The van der Waals surface area contributed by atoms with Crippen molar-refractivity contribution in [3.05, 3.63) is 18.0 Å². The zero-order valence-corrected chi connectivity index (χ0v) is 20.6. The van der Waals surface area contributed by atoms with Crippen LogP contribution in [0.15, 0.2) is 17.3 Å². The highest BCUT2D eigenvalue weighted by Gasteiger charge is 2.32. The van der Waals surface area contributed by atoms with Crippen LogP contribution in [0, 0.1) is 0 Å². The second-order valence-electron chi connectivity index (χ2n) is 6.67. The van der Waals surface area contributed by atoms with Crippen LogP contribution in [0.2, 0.25) is 0 Å². The molecule has 1 aromatic heterocycles. The summed E-state index contributed by atoms with van der Waals surface area (Å²) < 4.78 is 38.0. The predicted molar refractivity (Wildman–Crippen MR) is 127 cm³/mol. The van der Waals surface area contributed by atoms with E-state index in [0.29, 0.717) is 19.0 Å². The fraction of sp³-hybridized carbons (Fsp3) is 0.737. The molecule has 1 aromatic rings. The summed E-state index contributed by atoms with van der Waals surface area (Å²) in [5.74, 6) is 0.632. The monoisotopic (exact) mass is 545 g/mol. The fourth-order valence-corrected chi connectivity index (χ4v) is 2.72. The number of halogens is 4. The lowest BCUT2D eigenvalue weighted by atomic mass is 10.2. The highest BCUT2D eigenvalue weighted by Crippen LogP contribution is 2.27. The van der Waals surface area contributed by atoms with Crippen LogP contribution in [0.4, 0.5) is 19.1 Å². The van der Waals surface area contributed by atoms with Gasteiger partial charge in [0.15, 0.2) is 5.96 Å². The Morgan fingerprint density at radius 1 is 1.23 bits per heavy atom. The Labute approximate surface area is 194 Å². The van der Waals surface area contributed by atoms with Crippen molar-refractivity contribution in [3.63, 3.8) is 0 Å². The minimum atomic E-state index is -4.49. The van der Waals surface area contributed by atoms with Crippen molar-refractivity contribution in [2.24, 2.45) is 4.99 Å². The van der Waals surface area contributed by atoms with Crippen molar-refractivity contribution in [3.8, 4) is 0 Å². The van der Waals surface area contributed by atoms with E-state index in [2.05, 4.69) is 56.6 Å². The average Bonchev–Trinajstić information content (AvgIpc) is 2.68. The van der Waals surface area contributed by atoms with Gasteiger partial charge < -0.3 is 20.9 Å². The number of hydrogen-bond acceptors (Lipinski definition) is 5. The van der Waals surface area contributed by atoms with E-state index in [0.717, 1.165) is 51.3 Å². The molecule has 1 heterocycles. The van der Waals surface area contributed by atoms with Crippen LogP contribution in [-0.2, 0) is 6.18 Å². The molecule has 0 aliphatic rings. The molecule has 0 spiro atoms. The topological polar surface area (TPSA) is 77.5 Å². The molecule has 0 aliphatic carbocycles. The minimum Gasteiger partial charge on any atom is -0.357 e. The summed E-state index contributed by atoms with van der Waals surface area (Å²) in [5.41, 5.74) is -0.966. The molecule has 1 rings (SSSR count). The smallest absolute Gasteiger partial charge is 0.357 e. The molecule has 7 nitrogen and oxygen atoms in total. The van der Waals surface area contributed by atoms with Gasteiger partial charge in [0.25, 0.3) is 0 Å². The number of rotatable bonds is 12. The van der Waals surface area contributed by atoms with Gasteiger partial charge in [0, 0.05) is 25.3 Å². The van der Waals surface area contributed by atoms with E-state index in [1.807, 2.05) is 6.92 Å². The second-order valence-corrected chi connectivity index (χ2v) is 6.67. The van der Waals surface area contributed by atoms with Crippen LogP contribution in [0.5, 0.6) is 0 Å². The molecular formula is C19H35F3IN7. The fourth-order valence-electron chi connectivity index (χ4n) is 2.72. The molecule has 174 valence electrons. The van der Waals surface area contributed by atoms with E-state index in [1.54, 1.807) is 0 Å². The van der Waals surface area contributed by atoms with Crippen LogP contribution < -0.4 is 16.0 Å². The first-order valence-corrected chi connectivity index (χ1v) is 10.2. The van der Waals surface area contributed by atoms with E-state index in [4.69, 9.17) is 0 Å². The maximum atomic E-state index is 12.7. The normalized spacial score (nSPS) is 13.0. The molecule has 0 saturated heterocycles. The summed E-state index contributed by atoms with van der Waals surface area (Å²) in [4.78, 5) is 14.1.